The molecule has 0 amide bonds. The maximum atomic E-state index is 12.2. The van der Waals surface area contributed by atoms with Crippen molar-refractivity contribution in [3.05, 3.63) is 97.7 Å². The zero-order valence-corrected chi connectivity index (χ0v) is 16.8. The molecule has 6 nitrogen and oxygen atoms in total. The number of nitro benzene ring substituents is 1. The molecule has 1 aliphatic rings. The minimum absolute atomic E-state index is 0.0273. The number of furan rings is 1. The standard InChI is InChI=1S/C22H14BrNO5/c1-13-10-17(24(26)27)6-8-19(13)20-9-7-18(28-20)11-15-12-21(29-22(15)25)14-2-4-16(23)5-3-14/h2-12H,1H3/b15-11-. The van der Waals surface area contributed by atoms with Crippen molar-refractivity contribution < 1.29 is 18.9 Å². The van der Waals surface area contributed by atoms with Gasteiger partial charge >= 0.3 is 5.97 Å². The summed E-state index contributed by atoms with van der Waals surface area (Å²) in [4.78, 5) is 22.7. The number of esters is 1. The first kappa shape index (κ1) is 18.9. The van der Waals surface area contributed by atoms with Crippen molar-refractivity contribution in [3.8, 4) is 11.3 Å². The maximum Gasteiger partial charge on any atom is 0.343 e. The Hall–Kier alpha value is -3.45. The van der Waals surface area contributed by atoms with Crippen LogP contribution in [0.25, 0.3) is 23.2 Å². The van der Waals surface area contributed by atoms with Crippen LogP contribution >= 0.6 is 15.9 Å². The van der Waals surface area contributed by atoms with Crippen LogP contribution in [0.15, 0.2) is 75.1 Å². The van der Waals surface area contributed by atoms with E-state index in [0.29, 0.717) is 22.9 Å². The Kier molecular flexibility index (Phi) is 4.90. The second kappa shape index (κ2) is 7.52. The number of non-ortho nitro benzene ring substituents is 1. The number of nitro groups is 1. The molecule has 0 atom stereocenters. The van der Waals surface area contributed by atoms with Gasteiger partial charge in [-0.05, 0) is 55.0 Å². The highest BCUT2D eigenvalue weighted by atomic mass is 79.9. The molecule has 1 aliphatic heterocycles. The molecule has 0 saturated carbocycles. The molecule has 2 heterocycles. The first-order valence-corrected chi connectivity index (χ1v) is 9.47. The summed E-state index contributed by atoms with van der Waals surface area (Å²) in [5.74, 6) is 1.07. The van der Waals surface area contributed by atoms with E-state index in [1.807, 2.05) is 24.3 Å². The molecule has 0 radical (unpaired) electrons. The number of benzene rings is 2. The van der Waals surface area contributed by atoms with Crippen molar-refractivity contribution in [2.45, 2.75) is 6.92 Å². The first-order chi connectivity index (χ1) is 13.9. The lowest BCUT2D eigenvalue weighted by atomic mass is 10.1. The topological polar surface area (TPSA) is 82.6 Å². The molecule has 0 aliphatic carbocycles. The van der Waals surface area contributed by atoms with Gasteiger partial charge in [-0.3, -0.25) is 10.1 Å². The molecular formula is C22H14BrNO5. The van der Waals surface area contributed by atoms with Crippen LogP contribution in [0, 0.1) is 17.0 Å². The third-order valence-electron chi connectivity index (χ3n) is 4.46. The molecule has 144 valence electrons. The minimum Gasteiger partial charge on any atom is -0.457 e. The SMILES string of the molecule is Cc1cc([N+](=O)[O-])ccc1-c1ccc(/C=C2/C=C(c3ccc(Br)cc3)OC2=O)o1. The number of cyclic esters (lactones) is 1. The van der Waals surface area contributed by atoms with Gasteiger partial charge in [0.1, 0.15) is 17.3 Å². The fourth-order valence-corrected chi connectivity index (χ4v) is 3.28. The number of carbonyl (C=O) groups excluding carboxylic acids is 1. The number of nitrogens with zero attached hydrogens (tertiary/aromatic N) is 1. The molecule has 3 aromatic rings. The largest absolute Gasteiger partial charge is 0.457 e. The van der Waals surface area contributed by atoms with E-state index in [1.165, 1.54) is 12.1 Å². The predicted octanol–water partition coefficient (Wildman–Crippen LogP) is 5.91. The number of aryl methyl sites for hydroxylation is 1. The summed E-state index contributed by atoms with van der Waals surface area (Å²) in [5, 5.41) is 10.9. The molecule has 4 rings (SSSR count). The third-order valence-corrected chi connectivity index (χ3v) is 4.99. The van der Waals surface area contributed by atoms with E-state index in [4.69, 9.17) is 9.15 Å². The fourth-order valence-electron chi connectivity index (χ4n) is 3.01. The Morgan fingerprint density at radius 3 is 2.52 bits per heavy atom. The molecule has 7 heteroatoms. The van der Waals surface area contributed by atoms with Crippen molar-refractivity contribution in [1.82, 2.24) is 0 Å². The predicted molar refractivity (Wildman–Crippen MR) is 112 cm³/mol. The lowest BCUT2D eigenvalue weighted by Crippen LogP contribution is -1.96. The number of halogens is 1. The van der Waals surface area contributed by atoms with Gasteiger partial charge in [0.15, 0.2) is 0 Å². The summed E-state index contributed by atoms with van der Waals surface area (Å²) in [6.07, 6.45) is 3.28. The van der Waals surface area contributed by atoms with Crippen molar-refractivity contribution in [2.24, 2.45) is 0 Å². The van der Waals surface area contributed by atoms with Gasteiger partial charge < -0.3 is 9.15 Å². The van der Waals surface area contributed by atoms with Gasteiger partial charge in [-0.2, -0.15) is 0 Å². The van der Waals surface area contributed by atoms with E-state index in [9.17, 15) is 14.9 Å². The normalized spacial score (nSPS) is 14.8. The van der Waals surface area contributed by atoms with E-state index in [2.05, 4.69) is 15.9 Å². The van der Waals surface area contributed by atoms with E-state index in [1.54, 1.807) is 37.3 Å². The minimum atomic E-state index is -0.451. The van der Waals surface area contributed by atoms with Gasteiger partial charge in [-0.15, -0.1) is 0 Å². The van der Waals surface area contributed by atoms with E-state index in [0.717, 1.165) is 21.2 Å². The molecule has 1 aromatic heterocycles. The highest BCUT2D eigenvalue weighted by molar-refractivity contribution is 9.10. The summed E-state index contributed by atoms with van der Waals surface area (Å²) in [6, 6.07) is 15.5. The Bertz CT molecular complexity index is 1190. The van der Waals surface area contributed by atoms with Crippen LogP contribution in [0.4, 0.5) is 5.69 Å². The molecule has 0 saturated heterocycles. The number of ether oxygens (including phenoxy) is 1. The zero-order chi connectivity index (χ0) is 20.5. The molecule has 0 unspecified atom stereocenters. The maximum absolute atomic E-state index is 12.2. The van der Waals surface area contributed by atoms with E-state index >= 15 is 0 Å². The van der Waals surface area contributed by atoms with Crippen molar-refractivity contribution in [3.63, 3.8) is 0 Å². The van der Waals surface area contributed by atoms with Gasteiger partial charge in [-0.25, -0.2) is 4.79 Å². The van der Waals surface area contributed by atoms with Crippen LogP contribution in [0.2, 0.25) is 0 Å². The Morgan fingerprint density at radius 1 is 1.07 bits per heavy atom. The molecule has 0 bridgehead atoms. The van der Waals surface area contributed by atoms with Gasteiger partial charge in [0, 0.05) is 27.7 Å². The number of hydrogen-bond donors (Lipinski definition) is 0. The summed E-state index contributed by atoms with van der Waals surface area (Å²) >= 11 is 3.38. The van der Waals surface area contributed by atoms with Crippen LogP contribution in [-0.2, 0) is 9.53 Å². The van der Waals surface area contributed by atoms with E-state index in [-0.39, 0.29) is 5.69 Å². The van der Waals surface area contributed by atoms with Crippen molar-refractivity contribution in [2.75, 3.05) is 0 Å². The van der Waals surface area contributed by atoms with Crippen LogP contribution in [0.1, 0.15) is 16.9 Å². The first-order valence-electron chi connectivity index (χ1n) is 8.67. The smallest absolute Gasteiger partial charge is 0.343 e. The molecule has 0 spiro atoms. The quantitative estimate of drug-likeness (QED) is 0.213. The highest BCUT2D eigenvalue weighted by Gasteiger charge is 2.22. The number of rotatable bonds is 4. The summed E-state index contributed by atoms with van der Waals surface area (Å²) < 4.78 is 12.1. The highest BCUT2D eigenvalue weighted by Crippen LogP contribution is 2.31. The van der Waals surface area contributed by atoms with Crippen molar-refractivity contribution >= 4 is 39.4 Å². The third kappa shape index (κ3) is 3.90. The Labute approximate surface area is 174 Å². The van der Waals surface area contributed by atoms with Crippen LogP contribution in [0.5, 0.6) is 0 Å². The van der Waals surface area contributed by atoms with Crippen LogP contribution in [0.3, 0.4) is 0 Å². The fraction of sp³-hybridized carbons (Fsp3) is 0.0455. The van der Waals surface area contributed by atoms with Gasteiger partial charge in [0.25, 0.3) is 5.69 Å². The lowest BCUT2D eigenvalue weighted by molar-refractivity contribution is -0.384. The summed E-state index contributed by atoms with van der Waals surface area (Å²) in [7, 11) is 0. The Balaban J connectivity index is 1.61. The van der Waals surface area contributed by atoms with E-state index < -0.39 is 10.9 Å². The average molecular weight is 452 g/mol. The van der Waals surface area contributed by atoms with Crippen molar-refractivity contribution in [1.29, 1.82) is 0 Å². The average Bonchev–Trinajstić information content (AvgIpc) is 3.29. The Morgan fingerprint density at radius 2 is 1.83 bits per heavy atom. The lowest BCUT2D eigenvalue weighted by Gasteiger charge is -2.02. The van der Waals surface area contributed by atoms with Gasteiger partial charge in [0.05, 0.1) is 10.5 Å². The molecule has 29 heavy (non-hydrogen) atoms. The zero-order valence-electron chi connectivity index (χ0n) is 15.2. The second-order valence-corrected chi connectivity index (χ2v) is 7.38. The van der Waals surface area contributed by atoms with Crippen LogP contribution < -0.4 is 0 Å². The number of hydrogen-bond acceptors (Lipinski definition) is 5. The molecule has 0 fully saturated rings. The molecular weight excluding hydrogens is 438 g/mol. The van der Waals surface area contributed by atoms with Crippen LogP contribution in [-0.4, -0.2) is 10.9 Å². The second-order valence-electron chi connectivity index (χ2n) is 6.46. The monoisotopic (exact) mass is 451 g/mol. The summed E-state index contributed by atoms with van der Waals surface area (Å²) in [5.41, 5.74) is 2.68. The van der Waals surface area contributed by atoms with Gasteiger partial charge in [0.2, 0.25) is 0 Å². The van der Waals surface area contributed by atoms with Gasteiger partial charge in [-0.1, -0.05) is 28.1 Å². The summed E-state index contributed by atoms with van der Waals surface area (Å²) in [6.45, 7) is 1.78. The number of carbonyl (C=O) groups is 1. The molecule has 2 aromatic carbocycles. The molecule has 0 N–H and O–H groups in total.